The number of amides is 1. The van der Waals surface area contributed by atoms with E-state index in [1.165, 1.54) is 7.11 Å². The van der Waals surface area contributed by atoms with E-state index >= 15 is 0 Å². The number of tetrazole rings is 1. The third-order valence-electron chi connectivity index (χ3n) is 15.2. The molecule has 3 N–H and O–H groups in total. The number of carbonyl (C=O) groups is 5. The first-order chi connectivity index (χ1) is 33.2. The number of carbonyl (C=O) groups excluding carboxylic acids is 5. The predicted octanol–water partition coefficient (Wildman–Crippen LogP) is 5.02. The number of allylic oxidation sites excluding steroid dienone is 6. The molecule has 4 heterocycles. The van der Waals surface area contributed by atoms with Gasteiger partial charge in [0, 0.05) is 58.5 Å². The van der Waals surface area contributed by atoms with Gasteiger partial charge in [-0.3, -0.25) is 19.2 Å². The molecule has 1 saturated carbocycles. The Morgan fingerprint density at radius 1 is 0.871 bits per heavy atom. The molecule has 1 amide bonds. The average molecular weight is 982 g/mol. The Labute approximate surface area is 413 Å². The lowest BCUT2D eigenvalue weighted by Gasteiger charge is -2.43. The van der Waals surface area contributed by atoms with Crippen LogP contribution < -0.4 is 0 Å². The van der Waals surface area contributed by atoms with Crippen molar-refractivity contribution in [3.8, 4) is 0 Å². The zero-order valence-electron chi connectivity index (χ0n) is 42.8. The van der Waals surface area contributed by atoms with Crippen molar-refractivity contribution in [1.82, 2.24) is 25.1 Å². The highest BCUT2D eigenvalue weighted by atomic mass is 16.6. The Bertz CT molecular complexity index is 2060. The molecule has 0 radical (unpaired) electrons. The fraction of sp³-hybridized carbons (Fsp3) is 0.731. The van der Waals surface area contributed by atoms with E-state index in [9.17, 15) is 39.3 Å². The number of aliphatic hydroxyl groups excluding tert-OH is 2. The summed E-state index contributed by atoms with van der Waals surface area (Å²) >= 11 is 0. The zero-order valence-corrected chi connectivity index (χ0v) is 42.8. The molecule has 5 rings (SSSR count). The number of Topliss-reactive ketones (excluding diaryl/α,β-unsaturated/α-hetero) is 3. The maximum absolute atomic E-state index is 14.5. The van der Waals surface area contributed by atoms with Crippen LogP contribution in [0.25, 0.3) is 0 Å². The minimum atomic E-state index is -2.52. The van der Waals surface area contributed by atoms with Crippen LogP contribution in [0.4, 0.5) is 0 Å². The molecular weight excluding hydrogens is 903 g/mol. The van der Waals surface area contributed by atoms with Crippen LogP contribution in [0.15, 0.2) is 53.9 Å². The second-order valence-electron chi connectivity index (χ2n) is 20.6. The van der Waals surface area contributed by atoms with Crippen molar-refractivity contribution >= 4 is 29.2 Å². The molecule has 18 heteroatoms. The monoisotopic (exact) mass is 982 g/mol. The summed E-state index contributed by atoms with van der Waals surface area (Å²) in [5, 5.41) is 46.0. The number of methoxy groups -OCH3 is 3. The zero-order chi connectivity index (χ0) is 51.4. The second-order valence-corrected chi connectivity index (χ2v) is 20.6. The summed E-state index contributed by atoms with van der Waals surface area (Å²) in [6, 6.07) is -1.39. The van der Waals surface area contributed by atoms with Crippen molar-refractivity contribution in [2.75, 3.05) is 27.9 Å². The Balaban J connectivity index is 1.48. The quantitative estimate of drug-likeness (QED) is 0.185. The van der Waals surface area contributed by atoms with Crippen molar-refractivity contribution in [3.63, 3.8) is 0 Å². The number of rotatable bonds is 7. The van der Waals surface area contributed by atoms with Gasteiger partial charge in [-0.25, -0.2) is 9.48 Å². The number of hydrogen-bond donors (Lipinski definition) is 3. The van der Waals surface area contributed by atoms with Gasteiger partial charge in [-0.2, -0.15) is 0 Å². The van der Waals surface area contributed by atoms with Crippen molar-refractivity contribution in [2.45, 2.75) is 180 Å². The molecule has 2 bridgehead atoms. The molecule has 2 saturated heterocycles. The van der Waals surface area contributed by atoms with E-state index in [0.29, 0.717) is 37.7 Å². The van der Waals surface area contributed by atoms with Crippen molar-refractivity contribution in [2.24, 2.45) is 35.5 Å². The van der Waals surface area contributed by atoms with Crippen LogP contribution >= 0.6 is 0 Å². The van der Waals surface area contributed by atoms with Crippen LogP contribution in [0.2, 0.25) is 0 Å². The van der Waals surface area contributed by atoms with Gasteiger partial charge in [0.25, 0.3) is 11.7 Å². The molecule has 70 heavy (non-hydrogen) atoms. The van der Waals surface area contributed by atoms with E-state index in [1.807, 2.05) is 51.2 Å². The number of cyclic esters (lactones) is 1. The average Bonchev–Trinajstić information content (AvgIpc) is 3.88. The summed E-state index contributed by atoms with van der Waals surface area (Å²) in [6.07, 6.45) is 10.9. The summed E-state index contributed by atoms with van der Waals surface area (Å²) in [5.41, 5.74) is 1.22. The first-order valence-electron chi connectivity index (χ1n) is 25.1. The van der Waals surface area contributed by atoms with E-state index in [0.717, 1.165) is 23.3 Å². The van der Waals surface area contributed by atoms with Crippen LogP contribution in [-0.4, -0.2) is 152 Å². The number of esters is 1. The van der Waals surface area contributed by atoms with Crippen LogP contribution in [0.1, 0.15) is 125 Å². The number of hydrogen-bond acceptors (Lipinski definition) is 16. The highest BCUT2D eigenvalue weighted by Gasteiger charge is 2.53. The highest BCUT2D eigenvalue weighted by molar-refractivity contribution is 6.39. The Morgan fingerprint density at radius 3 is 2.29 bits per heavy atom. The topological polar surface area (TPSA) is 239 Å². The first-order valence-corrected chi connectivity index (χ1v) is 25.1. The van der Waals surface area contributed by atoms with Crippen LogP contribution in [0, 0.1) is 35.5 Å². The maximum Gasteiger partial charge on any atom is 0.329 e. The molecule has 18 nitrogen and oxygen atoms in total. The normalized spacial score (nSPS) is 39.4. The summed E-state index contributed by atoms with van der Waals surface area (Å²) in [5.74, 6) is -8.69. The van der Waals surface area contributed by atoms with E-state index in [2.05, 4.69) is 15.5 Å². The number of fused-ring (bicyclic) bond motifs is 3. The van der Waals surface area contributed by atoms with Crippen LogP contribution in [-0.2, 0) is 47.7 Å². The van der Waals surface area contributed by atoms with Gasteiger partial charge in [-0.05, 0) is 111 Å². The Morgan fingerprint density at radius 2 is 1.61 bits per heavy atom. The van der Waals surface area contributed by atoms with Crippen molar-refractivity contribution < 1.29 is 63.0 Å². The molecule has 4 aliphatic rings. The molecule has 16 atom stereocenters. The van der Waals surface area contributed by atoms with Gasteiger partial charge in [0.05, 0.1) is 30.5 Å². The molecule has 3 fully saturated rings. The summed E-state index contributed by atoms with van der Waals surface area (Å²) in [7, 11) is 4.57. The lowest BCUT2D eigenvalue weighted by molar-refractivity contribution is -0.265. The third kappa shape index (κ3) is 14.2. The molecule has 0 aromatic carbocycles. The van der Waals surface area contributed by atoms with E-state index in [4.69, 9.17) is 23.7 Å². The van der Waals surface area contributed by atoms with Crippen LogP contribution in [0.5, 0.6) is 0 Å². The largest absolute Gasteiger partial charge is 0.460 e. The molecule has 0 spiro atoms. The Hall–Kier alpha value is -4.30. The minimum absolute atomic E-state index is 0.00317. The standard InChI is InChI=1S/C52H79N5O13/c1-30-14-12-11-13-15-31(2)43(66-8)26-39-19-16-36(7)52(65,70-39)49(62)50(63)56-28-38(58)18-21-41(56)51(64)69-44(33(4)24-37-17-20-40(45(25-37)67-9)57-29-53-54-55-57)27-42(59)32(3)23-35(6)47(61)48(68-10)46(60)34(5)22-30/h11-15,23,29-30,32-34,36-41,43-45,47-48,58,61,65H,16-22,24-28H2,1-10H3/b13-11+,14-12+,31-15+,35-23+/t30-,32-,33-,34-,36-,37+,38?,39+,40?,41+,43+,44+,45-,47-,48+,52-/m1/s1. The van der Waals surface area contributed by atoms with Gasteiger partial charge < -0.3 is 43.9 Å². The summed E-state index contributed by atoms with van der Waals surface area (Å²) in [6.45, 7) is 12.2. The van der Waals surface area contributed by atoms with Gasteiger partial charge in [0.2, 0.25) is 5.79 Å². The number of aromatic nitrogens is 4. The fourth-order valence-corrected chi connectivity index (χ4v) is 10.7. The van der Waals surface area contributed by atoms with E-state index < -0.39 is 83.9 Å². The summed E-state index contributed by atoms with van der Waals surface area (Å²) in [4.78, 5) is 72.2. The van der Waals surface area contributed by atoms with Gasteiger partial charge >= 0.3 is 5.97 Å². The van der Waals surface area contributed by atoms with Gasteiger partial charge in [-0.15, -0.1) is 5.10 Å². The van der Waals surface area contributed by atoms with Gasteiger partial charge in [-0.1, -0.05) is 71.1 Å². The number of nitrogens with zero attached hydrogens (tertiary/aromatic N) is 5. The van der Waals surface area contributed by atoms with Crippen molar-refractivity contribution in [1.29, 1.82) is 0 Å². The SMILES string of the molecule is CO[C@H]1C[C@@H]2CC[C@@H](C)[C@@](O)(O2)C(=O)C(=O)N2CC(O)CC[C@H]2C(=O)O[C@H]([C@H](C)C[C@@H]2CCC(n3cnnn3)[C@H](OC)C2)CC(=O)[C@H](C)/C=C(\C)[C@@H](O)[C@@H](OC)C(=O)[C@H](C)C[C@H](C)/C=C/C=C/C=C/1C. The number of piperidine rings is 1. The molecular formula is C52H79N5O13. The lowest BCUT2D eigenvalue weighted by Crippen LogP contribution is -2.62. The Kier molecular flexibility index (Phi) is 20.9. The predicted molar refractivity (Wildman–Crippen MR) is 257 cm³/mol. The number of ether oxygens (including phenoxy) is 5. The van der Waals surface area contributed by atoms with Gasteiger partial charge in [0.1, 0.15) is 36.5 Å². The van der Waals surface area contributed by atoms with Gasteiger partial charge in [0.15, 0.2) is 5.78 Å². The smallest absolute Gasteiger partial charge is 0.329 e. The molecule has 1 aromatic rings. The molecule has 3 aliphatic heterocycles. The van der Waals surface area contributed by atoms with E-state index in [1.54, 1.807) is 59.0 Å². The number of aliphatic hydroxyl groups is 3. The fourth-order valence-electron chi connectivity index (χ4n) is 10.7. The molecule has 1 aliphatic carbocycles. The highest BCUT2D eigenvalue weighted by Crippen LogP contribution is 2.39. The first kappa shape index (κ1) is 56.6. The van der Waals surface area contributed by atoms with Crippen molar-refractivity contribution in [3.05, 3.63) is 53.9 Å². The maximum atomic E-state index is 14.5. The number of ketones is 3. The summed E-state index contributed by atoms with van der Waals surface area (Å²) < 4.78 is 31.4. The lowest BCUT2D eigenvalue weighted by atomic mass is 9.77. The molecule has 2 unspecified atom stereocenters. The third-order valence-corrected chi connectivity index (χ3v) is 15.2. The minimum Gasteiger partial charge on any atom is -0.460 e. The molecule has 1 aromatic heterocycles. The van der Waals surface area contributed by atoms with E-state index in [-0.39, 0.29) is 73.7 Å². The molecule has 390 valence electrons. The van der Waals surface area contributed by atoms with Crippen LogP contribution in [0.3, 0.4) is 0 Å². The second kappa shape index (κ2) is 25.9.